The highest BCUT2D eigenvalue weighted by atomic mass is 16.5. The number of hydrogen-bond acceptors (Lipinski definition) is 9. The van der Waals surface area contributed by atoms with E-state index in [1.54, 1.807) is 62.4 Å². The van der Waals surface area contributed by atoms with Crippen molar-refractivity contribution in [3.05, 3.63) is 60.1 Å². The average Bonchev–Trinajstić information content (AvgIpc) is 3.43. The SMILES string of the molecule is CCOC(=O)c1oc2ccccc2c1NC(=O)COCC(=O)Nc1c(C(=O)OCC)oc2ccccc12. The van der Waals surface area contributed by atoms with Crippen LogP contribution < -0.4 is 10.6 Å². The van der Waals surface area contributed by atoms with Crippen molar-refractivity contribution < 1.29 is 42.2 Å². The Morgan fingerprint density at radius 2 is 1.08 bits per heavy atom. The first-order chi connectivity index (χ1) is 17.9. The Hall–Kier alpha value is -4.64. The first-order valence-corrected chi connectivity index (χ1v) is 11.5. The number of carbonyl (C=O) groups excluding carboxylic acids is 4. The van der Waals surface area contributed by atoms with Crippen LogP contribution in [0.5, 0.6) is 0 Å². The first-order valence-electron chi connectivity index (χ1n) is 11.5. The Labute approximate surface area is 210 Å². The molecule has 0 bridgehead atoms. The van der Waals surface area contributed by atoms with Crippen LogP contribution in [0.4, 0.5) is 11.4 Å². The molecule has 0 fully saturated rings. The maximum atomic E-state index is 12.5. The normalized spacial score (nSPS) is 10.9. The zero-order chi connectivity index (χ0) is 26.4. The summed E-state index contributed by atoms with van der Waals surface area (Å²) in [5, 5.41) is 6.19. The van der Waals surface area contributed by atoms with E-state index in [9.17, 15) is 19.2 Å². The molecule has 0 atom stereocenters. The summed E-state index contributed by atoms with van der Waals surface area (Å²) in [6, 6.07) is 13.6. The molecule has 11 heteroatoms. The molecule has 0 saturated carbocycles. The van der Waals surface area contributed by atoms with Crippen LogP contribution in [0.15, 0.2) is 57.4 Å². The van der Waals surface area contributed by atoms with E-state index in [1.165, 1.54) is 0 Å². The highest BCUT2D eigenvalue weighted by Crippen LogP contribution is 2.32. The molecular formula is C26H24N2O9. The maximum absolute atomic E-state index is 12.5. The molecule has 0 aliphatic carbocycles. The van der Waals surface area contributed by atoms with Crippen LogP contribution in [-0.4, -0.2) is 50.2 Å². The highest BCUT2D eigenvalue weighted by molar-refractivity contribution is 6.11. The lowest BCUT2D eigenvalue weighted by Gasteiger charge is -2.08. The summed E-state index contributed by atoms with van der Waals surface area (Å²) < 4.78 is 26.4. The molecule has 4 aromatic rings. The number of ether oxygens (including phenoxy) is 3. The number of para-hydroxylation sites is 2. The lowest BCUT2D eigenvalue weighted by atomic mass is 10.2. The van der Waals surface area contributed by atoms with E-state index in [2.05, 4.69) is 10.6 Å². The molecule has 0 aliphatic rings. The minimum atomic E-state index is -0.723. The van der Waals surface area contributed by atoms with Crippen LogP contribution in [0.1, 0.15) is 35.0 Å². The Morgan fingerprint density at radius 3 is 1.49 bits per heavy atom. The molecule has 2 aromatic heterocycles. The predicted octanol–water partition coefficient (Wildman–Crippen LogP) is 4.13. The Morgan fingerprint density at radius 1 is 0.676 bits per heavy atom. The van der Waals surface area contributed by atoms with Gasteiger partial charge in [0.2, 0.25) is 11.5 Å². The zero-order valence-corrected chi connectivity index (χ0v) is 20.1. The summed E-state index contributed by atoms with van der Waals surface area (Å²) in [5.41, 5.74) is 1.09. The molecule has 0 unspecified atom stereocenters. The number of nitrogens with one attached hydrogen (secondary N) is 2. The van der Waals surface area contributed by atoms with Crippen LogP contribution in [0.25, 0.3) is 21.9 Å². The largest absolute Gasteiger partial charge is 0.460 e. The maximum Gasteiger partial charge on any atom is 0.376 e. The van der Waals surface area contributed by atoms with Crippen molar-refractivity contribution in [3.8, 4) is 0 Å². The van der Waals surface area contributed by atoms with Crippen LogP contribution >= 0.6 is 0 Å². The van der Waals surface area contributed by atoms with Gasteiger partial charge in [0.25, 0.3) is 11.8 Å². The third-order valence-corrected chi connectivity index (χ3v) is 5.11. The number of hydrogen-bond donors (Lipinski definition) is 2. The van der Waals surface area contributed by atoms with Gasteiger partial charge in [-0.05, 0) is 38.1 Å². The molecule has 0 radical (unpaired) electrons. The van der Waals surface area contributed by atoms with Gasteiger partial charge in [0, 0.05) is 10.8 Å². The summed E-state index contributed by atoms with van der Waals surface area (Å²) in [6.45, 7) is 2.58. The summed E-state index contributed by atoms with van der Waals surface area (Å²) in [5.74, 6) is -2.98. The molecule has 2 N–H and O–H groups in total. The highest BCUT2D eigenvalue weighted by Gasteiger charge is 2.25. The molecule has 4 rings (SSSR count). The number of amides is 2. The van der Waals surface area contributed by atoms with Crippen LogP contribution in [-0.2, 0) is 23.8 Å². The molecule has 37 heavy (non-hydrogen) atoms. The van der Waals surface area contributed by atoms with Gasteiger partial charge < -0.3 is 33.7 Å². The topological polar surface area (TPSA) is 146 Å². The van der Waals surface area contributed by atoms with Crippen LogP contribution in [0.3, 0.4) is 0 Å². The Balaban J connectivity index is 1.40. The van der Waals surface area contributed by atoms with E-state index in [4.69, 9.17) is 23.0 Å². The lowest BCUT2D eigenvalue weighted by molar-refractivity contribution is -0.125. The van der Waals surface area contributed by atoms with E-state index in [-0.39, 0.29) is 36.1 Å². The predicted molar refractivity (Wildman–Crippen MR) is 132 cm³/mol. The lowest BCUT2D eigenvalue weighted by Crippen LogP contribution is -2.25. The first kappa shape index (κ1) is 25.5. The van der Waals surface area contributed by atoms with Crippen molar-refractivity contribution in [2.24, 2.45) is 0 Å². The minimum absolute atomic E-state index is 0.130. The second-order valence-corrected chi connectivity index (χ2v) is 7.63. The monoisotopic (exact) mass is 508 g/mol. The fourth-order valence-corrected chi connectivity index (χ4v) is 3.61. The molecule has 2 heterocycles. The molecule has 192 valence electrons. The number of carbonyl (C=O) groups is 4. The van der Waals surface area contributed by atoms with Crippen LogP contribution in [0.2, 0.25) is 0 Å². The Bertz CT molecular complexity index is 1360. The molecular weight excluding hydrogens is 484 g/mol. The van der Waals surface area contributed by atoms with Gasteiger partial charge in [0.15, 0.2) is 0 Å². The third kappa shape index (κ3) is 5.62. The van der Waals surface area contributed by atoms with Crippen molar-refractivity contribution in [2.45, 2.75) is 13.8 Å². The summed E-state index contributed by atoms with van der Waals surface area (Å²) in [4.78, 5) is 49.7. The van der Waals surface area contributed by atoms with E-state index in [0.717, 1.165) is 0 Å². The van der Waals surface area contributed by atoms with Crippen LogP contribution in [0, 0.1) is 0 Å². The van der Waals surface area contributed by atoms with Crippen molar-refractivity contribution in [3.63, 3.8) is 0 Å². The standard InChI is InChI=1S/C26H24N2O9/c1-3-34-25(31)23-21(15-9-5-7-11-17(15)36-23)27-19(29)13-33-14-20(30)28-22-16-10-6-8-12-18(16)37-24(22)26(32)35-4-2/h5-12H,3-4,13-14H2,1-2H3,(H,27,29)(H,28,30). The summed E-state index contributed by atoms with van der Waals surface area (Å²) >= 11 is 0. The van der Waals surface area contributed by atoms with Crippen molar-refractivity contribution >= 4 is 57.1 Å². The summed E-state index contributed by atoms with van der Waals surface area (Å²) in [7, 11) is 0. The zero-order valence-electron chi connectivity index (χ0n) is 20.1. The van der Waals surface area contributed by atoms with Gasteiger partial charge in [-0.1, -0.05) is 24.3 Å². The van der Waals surface area contributed by atoms with Gasteiger partial charge in [-0.3, -0.25) is 9.59 Å². The van der Waals surface area contributed by atoms with Gasteiger partial charge in [-0.15, -0.1) is 0 Å². The van der Waals surface area contributed by atoms with Gasteiger partial charge in [0.05, 0.1) is 13.2 Å². The second kappa shape index (κ2) is 11.4. The number of esters is 2. The van der Waals surface area contributed by atoms with E-state index < -0.39 is 37.0 Å². The van der Waals surface area contributed by atoms with Gasteiger partial charge in [-0.25, -0.2) is 9.59 Å². The molecule has 0 spiro atoms. The number of anilines is 2. The van der Waals surface area contributed by atoms with Crippen molar-refractivity contribution in [2.75, 3.05) is 37.1 Å². The quantitative estimate of drug-likeness (QED) is 0.302. The van der Waals surface area contributed by atoms with Crippen molar-refractivity contribution in [1.82, 2.24) is 0 Å². The molecule has 0 aliphatic heterocycles. The van der Waals surface area contributed by atoms with E-state index >= 15 is 0 Å². The number of benzene rings is 2. The van der Waals surface area contributed by atoms with Gasteiger partial charge >= 0.3 is 11.9 Å². The fraction of sp³-hybridized carbons (Fsp3) is 0.231. The van der Waals surface area contributed by atoms with Gasteiger partial charge in [0.1, 0.15) is 35.8 Å². The molecule has 11 nitrogen and oxygen atoms in total. The third-order valence-electron chi connectivity index (χ3n) is 5.11. The molecule has 0 saturated heterocycles. The number of furan rings is 2. The van der Waals surface area contributed by atoms with Gasteiger partial charge in [-0.2, -0.15) is 0 Å². The number of fused-ring (bicyclic) bond motifs is 2. The second-order valence-electron chi connectivity index (χ2n) is 7.63. The fourth-order valence-electron chi connectivity index (χ4n) is 3.61. The van der Waals surface area contributed by atoms with E-state index in [0.29, 0.717) is 21.9 Å². The minimum Gasteiger partial charge on any atom is -0.460 e. The number of rotatable bonds is 10. The smallest absolute Gasteiger partial charge is 0.376 e. The van der Waals surface area contributed by atoms with E-state index in [1.807, 2.05) is 0 Å². The average molecular weight is 508 g/mol. The summed E-state index contributed by atoms with van der Waals surface area (Å²) in [6.07, 6.45) is 0. The Kier molecular flexibility index (Phi) is 7.84. The van der Waals surface area contributed by atoms with Crippen molar-refractivity contribution in [1.29, 1.82) is 0 Å². The molecule has 2 aromatic carbocycles. The molecule has 2 amide bonds.